The maximum Gasteiger partial charge on any atom is 0.416 e. The summed E-state index contributed by atoms with van der Waals surface area (Å²) in [7, 11) is 0. The first kappa shape index (κ1) is 20.4. The van der Waals surface area contributed by atoms with E-state index in [9.17, 15) is 22.8 Å². The number of aliphatic carboxylic acids is 1. The fourth-order valence-corrected chi connectivity index (χ4v) is 2.43. The molecule has 2 aromatic carbocycles. The smallest absolute Gasteiger partial charge is 0.416 e. The predicted molar refractivity (Wildman–Crippen MR) is 93.8 cm³/mol. The lowest BCUT2D eigenvalue weighted by atomic mass is 10.1. The molecule has 2 aromatic rings. The Hall–Kier alpha value is -2.88. The van der Waals surface area contributed by atoms with Crippen LogP contribution in [0, 0.1) is 0 Å². The second kappa shape index (κ2) is 8.67. The minimum absolute atomic E-state index is 0.180. The minimum atomic E-state index is -4.55. The number of carbonyl (C=O) groups is 2. The average Bonchev–Trinajstić information content (AvgIpc) is 2.60. The van der Waals surface area contributed by atoms with Gasteiger partial charge in [-0.25, -0.2) is 10.2 Å². The summed E-state index contributed by atoms with van der Waals surface area (Å²) in [4.78, 5) is 22.4. The van der Waals surface area contributed by atoms with Crippen molar-refractivity contribution >= 4 is 34.0 Å². The largest absolute Gasteiger partial charge is 0.481 e. The number of nitrogens with one attached hydrogen (secondary N) is 1. The van der Waals surface area contributed by atoms with Gasteiger partial charge in [-0.15, -0.1) is 0 Å². The molecule has 2 N–H and O–H groups in total. The van der Waals surface area contributed by atoms with Gasteiger partial charge in [0.1, 0.15) is 5.75 Å². The van der Waals surface area contributed by atoms with E-state index in [0.717, 1.165) is 18.2 Å². The first-order chi connectivity index (χ1) is 12.7. The van der Waals surface area contributed by atoms with Crippen LogP contribution in [-0.4, -0.2) is 29.8 Å². The van der Waals surface area contributed by atoms with E-state index < -0.39 is 30.2 Å². The lowest BCUT2D eigenvalue weighted by Crippen LogP contribution is -2.18. The Morgan fingerprint density at radius 2 is 1.96 bits per heavy atom. The molecule has 0 atom stereocenters. The fraction of sp³-hybridized carbons (Fsp3) is 0.118. The second-order valence-corrected chi connectivity index (χ2v) is 6.00. The van der Waals surface area contributed by atoms with Gasteiger partial charge in [0.25, 0.3) is 5.91 Å². The third-order valence-electron chi connectivity index (χ3n) is 3.14. The summed E-state index contributed by atoms with van der Waals surface area (Å²) in [5.74, 6) is -1.61. The molecular weight excluding hydrogens is 433 g/mol. The summed E-state index contributed by atoms with van der Waals surface area (Å²) in [5.41, 5.74) is 1.56. The Labute approximate surface area is 159 Å². The van der Waals surface area contributed by atoms with E-state index in [0.29, 0.717) is 15.8 Å². The van der Waals surface area contributed by atoms with E-state index in [1.807, 2.05) is 0 Å². The summed E-state index contributed by atoms with van der Waals surface area (Å²) in [6, 6.07) is 8.60. The van der Waals surface area contributed by atoms with Gasteiger partial charge < -0.3 is 9.84 Å². The Balaban J connectivity index is 2.02. The van der Waals surface area contributed by atoms with E-state index in [-0.39, 0.29) is 5.56 Å². The van der Waals surface area contributed by atoms with E-state index in [1.54, 1.807) is 12.1 Å². The molecule has 0 aliphatic rings. The van der Waals surface area contributed by atoms with Crippen molar-refractivity contribution in [3.63, 3.8) is 0 Å². The number of amides is 1. The fourth-order valence-electron chi connectivity index (χ4n) is 1.92. The molecule has 1 amide bonds. The lowest BCUT2D eigenvalue weighted by molar-refractivity contribution is -0.139. The molecule has 0 fully saturated rings. The molecule has 0 spiro atoms. The molecule has 10 heteroatoms. The van der Waals surface area contributed by atoms with E-state index in [2.05, 4.69) is 26.5 Å². The molecule has 27 heavy (non-hydrogen) atoms. The summed E-state index contributed by atoms with van der Waals surface area (Å²) in [5, 5.41) is 12.3. The zero-order valence-electron chi connectivity index (χ0n) is 13.5. The Morgan fingerprint density at radius 3 is 2.59 bits per heavy atom. The summed E-state index contributed by atoms with van der Waals surface area (Å²) < 4.78 is 43.5. The van der Waals surface area contributed by atoms with E-state index in [4.69, 9.17) is 9.84 Å². The van der Waals surface area contributed by atoms with Crippen molar-refractivity contribution in [1.82, 2.24) is 5.43 Å². The lowest BCUT2D eigenvalue weighted by Gasteiger charge is -2.08. The number of carbonyl (C=O) groups excluding carboxylic acids is 1. The van der Waals surface area contributed by atoms with Crippen LogP contribution in [0.15, 0.2) is 52.0 Å². The molecule has 0 saturated carbocycles. The number of hydrazone groups is 1. The van der Waals surface area contributed by atoms with Crippen LogP contribution in [0.4, 0.5) is 13.2 Å². The van der Waals surface area contributed by atoms with Crippen LogP contribution in [0.1, 0.15) is 21.5 Å². The van der Waals surface area contributed by atoms with Gasteiger partial charge >= 0.3 is 12.1 Å². The van der Waals surface area contributed by atoms with Gasteiger partial charge in [-0.1, -0.05) is 6.07 Å². The molecule has 0 saturated heterocycles. The number of carboxylic acids is 1. The van der Waals surface area contributed by atoms with Crippen molar-refractivity contribution in [2.75, 3.05) is 6.61 Å². The van der Waals surface area contributed by atoms with Gasteiger partial charge in [-0.3, -0.25) is 4.79 Å². The number of nitrogens with zero attached hydrogens (tertiary/aromatic N) is 1. The van der Waals surface area contributed by atoms with Gasteiger partial charge in [-0.05, 0) is 57.9 Å². The van der Waals surface area contributed by atoms with E-state index >= 15 is 0 Å². The third kappa shape index (κ3) is 6.10. The van der Waals surface area contributed by atoms with Crippen molar-refractivity contribution in [2.24, 2.45) is 5.10 Å². The topological polar surface area (TPSA) is 88.0 Å². The monoisotopic (exact) mass is 444 g/mol. The van der Waals surface area contributed by atoms with Crippen molar-refractivity contribution in [3.05, 3.63) is 63.6 Å². The number of carboxylic acid groups (broad SMARTS) is 1. The first-order valence-corrected chi connectivity index (χ1v) is 8.11. The maximum atomic E-state index is 12.7. The van der Waals surface area contributed by atoms with Crippen molar-refractivity contribution in [3.8, 4) is 5.75 Å². The molecule has 0 bridgehead atoms. The molecule has 0 aromatic heterocycles. The highest BCUT2D eigenvalue weighted by atomic mass is 79.9. The van der Waals surface area contributed by atoms with Gasteiger partial charge in [0.15, 0.2) is 6.61 Å². The van der Waals surface area contributed by atoms with Crippen LogP contribution in [0.25, 0.3) is 0 Å². The van der Waals surface area contributed by atoms with Crippen LogP contribution in [0.2, 0.25) is 0 Å². The summed E-state index contributed by atoms with van der Waals surface area (Å²) in [6.07, 6.45) is -3.27. The third-order valence-corrected chi connectivity index (χ3v) is 3.76. The predicted octanol–water partition coefficient (Wildman–Crippen LogP) is 3.70. The zero-order chi connectivity index (χ0) is 20.0. The standard InChI is InChI=1S/C17H12BrF3N2O4/c18-13-6-10(4-5-14(13)27-9-15(24)25)8-22-23-16(26)11-2-1-3-12(7-11)17(19,20)21/h1-8H,9H2,(H,23,26)(H,24,25)/b22-8-. The highest BCUT2D eigenvalue weighted by Crippen LogP contribution is 2.29. The van der Waals surface area contributed by atoms with Crippen LogP contribution in [0.5, 0.6) is 5.75 Å². The number of rotatable bonds is 6. The molecule has 2 rings (SSSR count). The van der Waals surface area contributed by atoms with Gasteiger partial charge in [-0.2, -0.15) is 18.3 Å². The van der Waals surface area contributed by atoms with Gasteiger partial charge in [0, 0.05) is 5.56 Å². The Kier molecular flexibility index (Phi) is 6.56. The molecule has 0 heterocycles. The quantitative estimate of drug-likeness (QED) is 0.525. The van der Waals surface area contributed by atoms with Gasteiger partial charge in [0.05, 0.1) is 16.3 Å². The SMILES string of the molecule is O=C(O)COc1ccc(/C=N\NC(=O)c2cccc(C(F)(F)F)c2)cc1Br. The normalized spacial score (nSPS) is 11.4. The molecule has 142 valence electrons. The van der Waals surface area contributed by atoms with Crippen LogP contribution in [0.3, 0.4) is 0 Å². The van der Waals surface area contributed by atoms with Crippen LogP contribution < -0.4 is 10.2 Å². The molecule has 0 aliphatic heterocycles. The minimum Gasteiger partial charge on any atom is -0.481 e. The Morgan fingerprint density at radius 1 is 1.22 bits per heavy atom. The number of alkyl halides is 3. The van der Waals surface area contributed by atoms with Crippen LogP contribution in [-0.2, 0) is 11.0 Å². The highest BCUT2D eigenvalue weighted by molar-refractivity contribution is 9.10. The maximum absolute atomic E-state index is 12.7. The Bertz CT molecular complexity index is 885. The van der Waals surface area contributed by atoms with Crippen molar-refractivity contribution < 1.29 is 32.6 Å². The molecular formula is C17H12BrF3N2O4. The first-order valence-electron chi connectivity index (χ1n) is 7.31. The summed E-state index contributed by atoms with van der Waals surface area (Å²) in [6.45, 7) is -0.501. The second-order valence-electron chi connectivity index (χ2n) is 5.15. The highest BCUT2D eigenvalue weighted by Gasteiger charge is 2.30. The average molecular weight is 445 g/mol. The molecule has 0 unspecified atom stereocenters. The molecule has 6 nitrogen and oxygen atoms in total. The molecule has 0 aliphatic carbocycles. The van der Waals surface area contributed by atoms with Crippen molar-refractivity contribution in [2.45, 2.75) is 6.18 Å². The number of hydrogen-bond donors (Lipinski definition) is 2. The molecule has 0 radical (unpaired) electrons. The number of hydrogen-bond acceptors (Lipinski definition) is 4. The zero-order valence-corrected chi connectivity index (χ0v) is 15.0. The number of ether oxygens (including phenoxy) is 1. The van der Waals surface area contributed by atoms with Crippen molar-refractivity contribution in [1.29, 1.82) is 0 Å². The number of benzene rings is 2. The number of halogens is 4. The van der Waals surface area contributed by atoms with Gasteiger partial charge in [0.2, 0.25) is 0 Å². The van der Waals surface area contributed by atoms with E-state index in [1.165, 1.54) is 18.3 Å². The van der Waals surface area contributed by atoms with Crippen LogP contribution >= 0.6 is 15.9 Å². The summed E-state index contributed by atoms with van der Waals surface area (Å²) >= 11 is 3.21.